The van der Waals surface area contributed by atoms with E-state index in [1.54, 1.807) is 4.90 Å². The number of rotatable bonds is 7. The van der Waals surface area contributed by atoms with Gasteiger partial charge >= 0.3 is 12.1 Å². The number of aromatic nitrogens is 3. The van der Waals surface area contributed by atoms with Crippen molar-refractivity contribution in [1.29, 1.82) is 0 Å². The average Bonchev–Trinajstić information content (AvgIpc) is 3.38. The molecule has 4 aromatic rings. The maximum atomic E-state index is 17.0. The third-order valence-corrected chi connectivity index (χ3v) is 11.4. The Labute approximate surface area is 300 Å². The van der Waals surface area contributed by atoms with Crippen molar-refractivity contribution in [3.8, 4) is 35.4 Å². The number of nitrogens with zero attached hydrogens (tertiary/aromatic N) is 6. The summed E-state index contributed by atoms with van der Waals surface area (Å²) in [7, 11) is 1.41. The van der Waals surface area contributed by atoms with Crippen molar-refractivity contribution in [2.24, 2.45) is 11.3 Å². The molecule has 272 valence electrons. The van der Waals surface area contributed by atoms with Gasteiger partial charge in [-0.3, -0.25) is 9.88 Å². The van der Waals surface area contributed by atoms with Crippen molar-refractivity contribution in [2.75, 3.05) is 71.1 Å². The predicted molar refractivity (Wildman–Crippen MR) is 191 cm³/mol. The van der Waals surface area contributed by atoms with E-state index in [9.17, 15) is 14.3 Å². The molecule has 1 aliphatic carbocycles. The molecule has 1 saturated carbocycles. The van der Waals surface area contributed by atoms with E-state index in [0.29, 0.717) is 74.5 Å². The smallest absolute Gasteiger partial charge is 0.409 e. The summed E-state index contributed by atoms with van der Waals surface area (Å²) in [6.45, 7) is 6.02. The number of anilines is 1. The molecule has 4 fully saturated rings. The zero-order valence-corrected chi connectivity index (χ0v) is 29.2. The van der Waals surface area contributed by atoms with E-state index >= 15 is 4.39 Å². The summed E-state index contributed by atoms with van der Waals surface area (Å²) in [6, 6.07) is 5.92. The Morgan fingerprint density at radius 3 is 2.79 bits per heavy atom. The number of ether oxygens (including phenoxy) is 3. The van der Waals surface area contributed by atoms with Gasteiger partial charge in [0, 0.05) is 73.9 Å². The summed E-state index contributed by atoms with van der Waals surface area (Å²) in [6.07, 6.45) is 12.9. The topological polar surface area (TPSA) is 113 Å². The number of methoxy groups -OCH3 is 1. The minimum atomic E-state index is -0.751. The number of piperidine rings is 1. The van der Waals surface area contributed by atoms with E-state index in [4.69, 9.17) is 25.6 Å². The van der Waals surface area contributed by atoms with Crippen molar-refractivity contribution in [3.63, 3.8) is 0 Å². The lowest BCUT2D eigenvalue weighted by Crippen LogP contribution is -2.58. The van der Waals surface area contributed by atoms with Crippen LogP contribution in [-0.2, 0) is 9.47 Å². The second kappa shape index (κ2) is 14.0. The first-order valence-corrected chi connectivity index (χ1v) is 18.1. The van der Waals surface area contributed by atoms with Gasteiger partial charge in [-0.05, 0) is 62.2 Å². The van der Waals surface area contributed by atoms with Crippen molar-refractivity contribution < 1.29 is 32.9 Å². The highest BCUT2D eigenvalue weighted by Crippen LogP contribution is 2.48. The number of pyridine rings is 1. The molecule has 0 unspecified atom stereocenters. The highest BCUT2D eigenvalue weighted by molar-refractivity contribution is 6.03. The molecule has 0 radical (unpaired) electrons. The van der Waals surface area contributed by atoms with Crippen LogP contribution >= 0.6 is 0 Å². The van der Waals surface area contributed by atoms with Crippen LogP contribution in [0, 0.1) is 35.3 Å². The number of likely N-dealkylation sites (tertiary alicyclic amines) is 2. The lowest BCUT2D eigenvalue weighted by molar-refractivity contribution is -0.0242. The van der Waals surface area contributed by atoms with Crippen LogP contribution in [0.4, 0.5) is 19.4 Å². The molecule has 2 aromatic carbocycles. The lowest BCUT2D eigenvalue weighted by atomic mass is 9.75. The Balaban J connectivity index is 1.15. The second-order valence-corrected chi connectivity index (χ2v) is 14.5. The zero-order valence-electron chi connectivity index (χ0n) is 29.2. The first kappa shape index (κ1) is 34.3. The molecule has 4 aliphatic rings. The Morgan fingerprint density at radius 2 is 1.96 bits per heavy atom. The summed E-state index contributed by atoms with van der Waals surface area (Å²) in [4.78, 5) is 32.4. The maximum Gasteiger partial charge on any atom is 0.409 e. The average molecular weight is 713 g/mol. The van der Waals surface area contributed by atoms with Crippen molar-refractivity contribution in [3.05, 3.63) is 47.7 Å². The molecular weight excluding hydrogens is 670 g/mol. The Kier molecular flexibility index (Phi) is 9.21. The van der Waals surface area contributed by atoms with Gasteiger partial charge in [-0.2, -0.15) is 9.97 Å². The van der Waals surface area contributed by atoms with E-state index in [0.717, 1.165) is 51.6 Å². The normalized spacial score (nSPS) is 22.5. The van der Waals surface area contributed by atoms with Gasteiger partial charge in [0.25, 0.3) is 0 Å². The van der Waals surface area contributed by atoms with Crippen LogP contribution in [0.15, 0.2) is 30.5 Å². The van der Waals surface area contributed by atoms with Crippen molar-refractivity contribution in [2.45, 2.75) is 44.6 Å². The number of amides is 1. The molecule has 11 nitrogen and oxygen atoms in total. The number of terminal acetylenes is 1. The van der Waals surface area contributed by atoms with Crippen LogP contribution in [0.1, 0.15) is 44.1 Å². The number of hydrogen-bond donors (Lipinski definition) is 1. The van der Waals surface area contributed by atoms with Crippen LogP contribution in [0.3, 0.4) is 0 Å². The monoisotopic (exact) mass is 712 g/mol. The van der Waals surface area contributed by atoms with Gasteiger partial charge in [0.15, 0.2) is 5.82 Å². The van der Waals surface area contributed by atoms with Gasteiger partial charge in [-0.15, -0.1) is 6.42 Å². The Bertz CT molecular complexity index is 2060. The number of carbonyl (C=O) groups is 1. The quantitative estimate of drug-likeness (QED) is 0.238. The van der Waals surface area contributed by atoms with E-state index in [1.807, 2.05) is 0 Å². The third kappa shape index (κ3) is 6.11. The Morgan fingerprint density at radius 1 is 1.12 bits per heavy atom. The fraction of sp³-hybridized carbons (Fsp3) is 0.487. The van der Waals surface area contributed by atoms with Crippen LogP contribution in [0.25, 0.3) is 32.9 Å². The van der Waals surface area contributed by atoms with Gasteiger partial charge in [0.1, 0.15) is 28.6 Å². The van der Waals surface area contributed by atoms with E-state index in [1.165, 1.54) is 37.6 Å². The molecule has 5 heterocycles. The molecule has 0 spiro atoms. The van der Waals surface area contributed by atoms with Crippen LogP contribution in [-0.4, -0.2) is 108 Å². The van der Waals surface area contributed by atoms with Crippen LogP contribution in [0.5, 0.6) is 11.8 Å². The van der Waals surface area contributed by atoms with Crippen LogP contribution in [0.2, 0.25) is 0 Å². The number of phenolic OH excluding ortho intramolecular Hbond substituents is 1. The van der Waals surface area contributed by atoms with Gasteiger partial charge in [0.05, 0.1) is 31.3 Å². The lowest BCUT2D eigenvalue weighted by Gasteiger charge is -2.49. The number of benzene rings is 2. The molecule has 1 N–H and O–H groups in total. The molecule has 0 bridgehead atoms. The number of aromatic hydroxyl groups is 1. The van der Waals surface area contributed by atoms with Crippen molar-refractivity contribution in [1.82, 2.24) is 24.8 Å². The zero-order chi connectivity index (χ0) is 36.0. The number of halogens is 2. The van der Waals surface area contributed by atoms with Gasteiger partial charge in [-0.25, -0.2) is 13.6 Å². The SMILES string of the molecule is C#Cc1c(F)ccc2cc(O)cc(-c3ncc4c(N5CCCOCC5)nc(OC[C@]56CCC[C@H]5N(CC5CN(C(=O)OC)C5)CCC6)nc4c3F)c12. The van der Waals surface area contributed by atoms with Gasteiger partial charge < -0.3 is 29.1 Å². The molecule has 1 amide bonds. The van der Waals surface area contributed by atoms with Gasteiger partial charge in [0.2, 0.25) is 0 Å². The standard InChI is InChI=1S/C39H42F2N6O5/c1-3-27-30(40)9-8-25-17-26(48)18-28(32(25)27)34-33(41)35-29(19-42-34)36(45-13-6-15-51-16-14-45)44-37(43-35)52-23-39-10-4-7-31(39)46(12-5-11-39)20-24-21-47(22-24)38(49)50-2/h1,8-9,17-19,24,31,48H,4-7,10-16,20-23H2,2H3/t31-,39-/m1/s1. The molecular formula is C39H42F2N6O5. The number of phenols is 1. The highest BCUT2D eigenvalue weighted by atomic mass is 19.1. The van der Waals surface area contributed by atoms with Crippen molar-refractivity contribution >= 4 is 33.6 Å². The number of carbonyl (C=O) groups excluding carboxylic acids is 1. The summed E-state index contributed by atoms with van der Waals surface area (Å²) in [5.74, 6) is 1.78. The largest absolute Gasteiger partial charge is 0.508 e. The maximum absolute atomic E-state index is 17.0. The highest BCUT2D eigenvalue weighted by Gasteiger charge is 2.49. The molecule has 3 saturated heterocycles. The number of fused-ring (bicyclic) bond motifs is 3. The molecule has 8 rings (SSSR count). The first-order chi connectivity index (χ1) is 25.3. The fourth-order valence-corrected chi connectivity index (χ4v) is 8.96. The molecule has 2 atom stereocenters. The third-order valence-electron chi connectivity index (χ3n) is 11.4. The summed E-state index contributed by atoms with van der Waals surface area (Å²) in [5.41, 5.74) is -0.0999. The number of hydrogen-bond acceptors (Lipinski definition) is 10. The summed E-state index contributed by atoms with van der Waals surface area (Å²) >= 11 is 0. The summed E-state index contributed by atoms with van der Waals surface area (Å²) < 4.78 is 49.0. The fourth-order valence-electron chi connectivity index (χ4n) is 8.96. The molecule has 13 heteroatoms. The predicted octanol–water partition coefficient (Wildman–Crippen LogP) is 5.75. The van der Waals surface area contributed by atoms with E-state index in [2.05, 4.69) is 25.7 Å². The first-order valence-electron chi connectivity index (χ1n) is 18.1. The van der Waals surface area contributed by atoms with E-state index in [-0.39, 0.29) is 51.0 Å². The summed E-state index contributed by atoms with van der Waals surface area (Å²) in [5, 5.41) is 11.7. The molecule has 2 aromatic heterocycles. The van der Waals surface area contributed by atoms with E-state index < -0.39 is 11.6 Å². The minimum absolute atomic E-state index is 0.0104. The molecule has 3 aliphatic heterocycles. The molecule has 52 heavy (non-hydrogen) atoms. The minimum Gasteiger partial charge on any atom is -0.508 e. The van der Waals surface area contributed by atoms with Crippen LogP contribution < -0.4 is 9.64 Å². The second-order valence-electron chi connectivity index (χ2n) is 14.5. The Hall–Kier alpha value is -4.80. The van der Waals surface area contributed by atoms with Gasteiger partial charge in [-0.1, -0.05) is 18.4 Å².